The van der Waals surface area contributed by atoms with Gasteiger partial charge in [0.25, 0.3) is 0 Å². The van der Waals surface area contributed by atoms with Gasteiger partial charge in [-0.1, -0.05) is 48.0 Å². The van der Waals surface area contributed by atoms with Crippen molar-refractivity contribution in [1.29, 1.82) is 5.26 Å². The lowest BCUT2D eigenvalue weighted by atomic mass is 10.0. The number of aliphatic hydroxyl groups is 1. The lowest BCUT2D eigenvalue weighted by Crippen LogP contribution is -2.44. The number of nitrogens with zero attached hydrogens (tertiary/aromatic N) is 3. The molecule has 0 bridgehead atoms. The van der Waals surface area contributed by atoms with Crippen LogP contribution in [0.25, 0.3) is 11.1 Å². The molecule has 4 rings (SSSR count). The minimum atomic E-state index is -4.69. The number of carbonyl (C=O) groups is 2. The third-order valence-corrected chi connectivity index (χ3v) is 7.13. The van der Waals surface area contributed by atoms with E-state index in [0.29, 0.717) is 31.5 Å². The highest BCUT2D eigenvalue weighted by Gasteiger charge is 2.33. The lowest BCUT2D eigenvalue weighted by Gasteiger charge is -2.25. The van der Waals surface area contributed by atoms with Gasteiger partial charge in [-0.2, -0.15) is 18.4 Å². The first-order valence-electron chi connectivity index (χ1n) is 13.0. The first-order chi connectivity index (χ1) is 19.5. The zero-order valence-electron chi connectivity index (χ0n) is 22.0. The number of aliphatic hydroxyl groups excluding tert-OH is 1. The lowest BCUT2D eigenvalue weighted by molar-refractivity contribution is -0.137. The average Bonchev–Trinajstić information content (AvgIpc) is 3.35. The van der Waals surface area contributed by atoms with E-state index in [-0.39, 0.29) is 31.2 Å². The minimum Gasteiger partial charge on any atom is -0.392 e. The molecule has 3 aromatic carbocycles. The molecule has 1 aliphatic heterocycles. The molecule has 0 saturated carbocycles. The van der Waals surface area contributed by atoms with Gasteiger partial charge >= 0.3 is 6.18 Å². The Morgan fingerprint density at radius 3 is 2.51 bits per heavy atom. The molecule has 0 radical (unpaired) electrons. The Morgan fingerprint density at radius 2 is 1.85 bits per heavy atom. The van der Waals surface area contributed by atoms with Crippen molar-refractivity contribution in [1.82, 2.24) is 9.80 Å². The second kappa shape index (κ2) is 13.2. The van der Waals surface area contributed by atoms with Crippen LogP contribution >= 0.6 is 11.6 Å². The van der Waals surface area contributed by atoms with Crippen LogP contribution in [0.3, 0.4) is 0 Å². The number of halogens is 4. The molecule has 1 saturated heterocycles. The summed E-state index contributed by atoms with van der Waals surface area (Å²) in [6.45, 7) is 0.744. The molecule has 1 atom stereocenters. The summed E-state index contributed by atoms with van der Waals surface area (Å²) in [6.07, 6.45) is -4.22. The maximum Gasteiger partial charge on any atom is 0.417 e. The Morgan fingerprint density at radius 1 is 1.10 bits per heavy atom. The van der Waals surface area contributed by atoms with Gasteiger partial charge in [0.15, 0.2) is 0 Å². The van der Waals surface area contributed by atoms with Crippen LogP contribution in [0.1, 0.15) is 23.1 Å². The summed E-state index contributed by atoms with van der Waals surface area (Å²) < 4.78 is 39.7. The van der Waals surface area contributed by atoms with Gasteiger partial charge in [0.1, 0.15) is 0 Å². The molecule has 0 aromatic heterocycles. The number of alkyl halides is 3. The summed E-state index contributed by atoms with van der Waals surface area (Å²) in [6, 6.07) is 20.1. The fourth-order valence-electron chi connectivity index (χ4n) is 4.63. The molecule has 11 heteroatoms. The fraction of sp³-hybridized carbons (Fsp3) is 0.300. The van der Waals surface area contributed by atoms with E-state index < -0.39 is 28.8 Å². The second-order valence-corrected chi connectivity index (χ2v) is 10.3. The number of β-amino-alcohol motifs (C(OH)–C–C–N with tert-alkyl or cyclic N) is 1. The topological polar surface area (TPSA) is 96.7 Å². The molecule has 1 aliphatic rings. The number of anilines is 1. The zero-order valence-corrected chi connectivity index (χ0v) is 22.8. The predicted molar refractivity (Wildman–Crippen MR) is 149 cm³/mol. The van der Waals surface area contributed by atoms with E-state index in [1.807, 2.05) is 36.4 Å². The van der Waals surface area contributed by atoms with Crippen LogP contribution in [-0.2, 0) is 22.2 Å². The van der Waals surface area contributed by atoms with E-state index >= 15 is 0 Å². The van der Waals surface area contributed by atoms with Crippen LogP contribution in [0, 0.1) is 11.3 Å². The minimum absolute atomic E-state index is 0.0116. The van der Waals surface area contributed by atoms with Gasteiger partial charge in [-0.3, -0.25) is 14.5 Å². The maximum atomic E-state index is 13.2. The largest absolute Gasteiger partial charge is 0.417 e. The van der Waals surface area contributed by atoms with Gasteiger partial charge < -0.3 is 15.3 Å². The van der Waals surface area contributed by atoms with Gasteiger partial charge in [-0.25, -0.2) is 0 Å². The van der Waals surface area contributed by atoms with Crippen molar-refractivity contribution in [3.8, 4) is 17.2 Å². The van der Waals surface area contributed by atoms with E-state index in [9.17, 15) is 27.9 Å². The number of carbonyl (C=O) groups excluding carboxylic acids is 2. The highest BCUT2D eigenvalue weighted by Crippen LogP contribution is 2.36. The van der Waals surface area contributed by atoms with Crippen molar-refractivity contribution in [3.05, 3.63) is 88.4 Å². The molecule has 2 amide bonds. The molecule has 1 heterocycles. The van der Waals surface area contributed by atoms with E-state index in [1.165, 1.54) is 11.0 Å². The number of likely N-dealkylation sites (tertiary alicyclic amines) is 1. The normalized spacial score (nSPS) is 15.4. The van der Waals surface area contributed by atoms with Crippen LogP contribution in [0.5, 0.6) is 0 Å². The Bertz CT molecular complexity index is 1440. The molecular weight excluding hydrogens is 557 g/mol. The smallest absolute Gasteiger partial charge is 0.392 e. The number of nitrogens with one attached hydrogen (secondary N) is 1. The highest BCUT2D eigenvalue weighted by atomic mass is 35.5. The Labute approximate surface area is 240 Å². The molecule has 1 fully saturated rings. The third kappa shape index (κ3) is 8.30. The van der Waals surface area contributed by atoms with Crippen LogP contribution in [0.2, 0.25) is 5.02 Å². The summed E-state index contributed by atoms with van der Waals surface area (Å²) in [4.78, 5) is 29.2. The summed E-state index contributed by atoms with van der Waals surface area (Å²) in [5.74, 6) is -0.978. The standard InChI is InChI=1S/C30H28ClF3N4O3/c31-27-9-8-24(15-26(27)30(32,33)34)36-28(40)18-38(29(41)19-37-12-11-25(39)17-37)13-10-20-4-6-22(7-5-20)23-3-1-2-21(14-23)16-35/h1-9,14-15,25,39H,10-13,17-19H2,(H,36,40)/t25-/m1/s1. The van der Waals surface area contributed by atoms with Crippen molar-refractivity contribution < 1.29 is 27.9 Å². The van der Waals surface area contributed by atoms with Crippen molar-refractivity contribution in [2.75, 3.05) is 38.0 Å². The first kappa shape index (κ1) is 30.1. The Hall–Kier alpha value is -3.91. The molecule has 0 unspecified atom stereocenters. The number of amides is 2. The average molecular weight is 585 g/mol. The van der Waals surface area contributed by atoms with Gasteiger partial charge in [0.2, 0.25) is 11.8 Å². The van der Waals surface area contributed by atoms with Crippen molar-refractivity contribution >= 4 is 29.1 Å². The van der Waals surface area contributed by atoms with Crippen molar-refractivity contribution in [2.45, 2.75) is 25.1 Å². The number of rotatable bonds is 9. The number of hydrogen-bond acceptors (Lipinski definition) is 5. The molecule has 0 spiro atoms. The Kier molecular flexibility index (Phi) is 9.65. The SMILES string of the molecule is N#Cc1cccc(-c2ccc(CCN(CC(=O)Nc3ccc(Cl)c(C(F)(F)F)c3)C(=O)CN3CC[C@@H](O)C3)cc2)c1. The molecule has 41 heavy (non-hydrogen) atoms. The van der Waals surface area contributed by atoms with Gasteiger partial charge in [-0.15, -0.1) is 0 Å². The zero-order chi connectivity index (χ0) is 29.6. The highest BCUT2D eigenvalue weighted by molar-refractivity contribution is 6.31. The first-order valence-corrected chi connectivity index (χ1v) is 13.3. The summed E-state index contributed by atoms with van der Waals surface area (Å²) in [5, 5.41) is 20.9. The quantitative estimate of drug-likeness (QED) is 0.370. The summed E-state index contributed by atoms with van der Waals surface area (Å²) >= 11 is 5.67. The predicted octanol–water partition coefficient (Wildman–Crippen LogP) is 4.97. The van der Waals surface area contributed by atoms with E-state index in [1.54, 1.807) is 17.0 Å². The van der Waals surface area contributed by atoms with Crippen molar-refractivity contribution in [2.24, 2.45) is 0 Å². The van der Waals surface area contributed by atoms with Crippen LogP contribution in [0.4, 0.5) is 18.9 Å². The number of nitriles is 1. The maximum absolute atomic E-state index is 13.2. The molecule has 2 N–H and O–H groups in total. The van der Waals surface area contributed by atoms with E-state index in [0.717, 1.165) is 28.8 Å². The molecule has 214 valence electrons. The van der Waals surface area contributed by atoms with Crippen LogP contribution in [-0.4, -0.2) is 65.5 Å². The third-order valence-electron chi connectivity index (χ3n) is 6.80. The monoisotopic (exact) mass is 584 g/mol. The van der Waals surface area contributed by atoms with Crippen LogP contribution in [0.15, 0.2) is 66.7 Å². The number of benzene rings is 3. The van der Waals surface area contributed by atoms with E-state index in [2.05, 4.69) is 11.4 Å². The van der Waals surface area contributed by atoms with Gasteiger partial charge in [0.05, 0.1) is 41.4 Å². The molecular formula is C30H28ClF3N4O3. The molecule has 7 nitrogen and oxygen atoms in total. The summed E-state index contributed by atoms with van der Waals surface area (Å²) in [7, 11) is 0. The Balaban J connectivity index is 1.44. The second-order valence-electron chi connectivity index (χ2n) is 9.87. The van der Waals surface area contributed by atoms with Gasteiger partial charge in [0, 0.05) is 25.3 Å². The molecule has 3 aromatic rings. The summed E-state index contributed by atoms with van der Waals surface area (Å²) in [5.41, 5.74) is 2.13. The van der Waals surface area contributed by atoms with E-state index in [4.69, 9.17) is 16.9 Å². The fourth-order valence-corrected chi connectivity index (χ4v) is 4.85. The van der Waals surface area contributed by atoms with Crippen molar-refractivity contribution in [3.63, 3.8) is 0 Å². The molecule has 0 aliphatic carbocycles. The van der Waals surface area contributed by atoms with Gasteiger partial charge in [-0.05, 0) is 59.9 Å². The number of hydrogen-bond donors (Lipinski definition) is 2. The van der Waals surface area contributed by atoms with Crippen LogP contribution < -0.4 is 5.32 Å².